The van der Waals surface area contributed by atoms with Crippen molar-refractivity contribution in [2.45, 2.75) is 29.0 Å². The Hall–Kier alpha value is -3.13. The molecule has 3 N–H and O–H groups in total. The first-order valence-electron chi connectivity index (χ1n) is 9.61. The molecule has 1 saturated heterocycles. The maximum Gasteiger partial charge on any atom is 0.416 e. The molecule has 1 aromatic carbocycles. The van der Waals surface area contributed by atoms with Crippen LogP contribution in [-0.2, 0) is 14.6 Å². The van der Waals surface area contributed by atoms with Gasteiger partial charge in [0.05, 0.1) is 20.3 Å². The SMILES string of the molecule is COc1ccc(S(=O)(=O)c2c(N)[nH]c3c(N4CCO[C@@H](C(F)(F)F)C4)nc(C)nc23)c(F)c1. The minimum Gasteiger partial charge on any atom is -0.497 e. The van der Waals surface area contributed by atoms with Crippen LogP contribution < -0.4 is 15.4 Å². The average molecular weight is 489 g/mol. The van der Waals surface area contributed by atoms with Gasteiger partial charge < -0.3 is 25.1 Å². The Balaban J connectivity index is 1.86. The molecule has 1 aliphatic heterocycles. The highest BCUT2D eigenvalue weighted by Gasteiger charge is 2.44. The summed E-state index contributed by atoms with van der Waals surface area (Å²) >= 11 is 0. The van der Waals surface area contributed by atoms with Crippen LogP contribution in [0.4, 0.5) is 29.2 Å². The zero-order valence-corrected chi connectivity index (χ0v) is 18.2. The maximum atomic E-state index is 14.6. The molecule has 1 fully saturated rings. The molecule has 1 aliphatic rings. The van der Waals surface area contributed by atoms with Gasteiger partial charge in [-0.05, 0) is 19.1 Å². The van der Waals surface area contributed by atoms with Crippen LogP contribution in [0, 0.1) is 12.7 Å². The lowest BCUT2D eigenvalue weighted by atomic mass is 10.2. The number of hydrogen-bond donors (Lipinski definition) is 2. The van der Waals surface area contributed by atoms with Gasteiger partial charge in [-0.2, -0.15) is 13.2 Å². The second-order valence-electron chi connectivity index (χ2n) is 7.33. The van der Waals surface area contributed by atoms with Gasteiger partial charge in [-0.1, -0.05) is 0 Å². The molecule has 3 aromatic rings. The number of ether oxygens (including phenoxy) is 2. The van der Waals surface area contributed by atoms with Crippen molar-refractivity contribution >= 4 is 32.5 Å². The number of nitrogens with zero attached hydrogens (tertiary/aromatic N) is 3. The molecule has 0 amide bonds. The second-order valence-corrected chi connectivity index (χ2v) is 9.19. The number of anilines is 2. The Kier molecular flexibility index (Phi) is 5.60. The molecule has 0 radical (unpaired) electrons. The molecule has 0 bridgehead atoms. The highest BCUT2D eigenvalue weighted by Crippen LogP contribution is 2.38. The maximum absolute atomic E-state index is 14.6. The van der Waals surface area contributed by atoms with Crippen LogP contribution in [0.3, 0.4) is 0 Å². The standard InChI is InChI=1S/C19H19F4N5O4S/c1-9-25-14-15(18(26-9)28-5-6-32-13(8-28)19(21,22)23)27-17(24)16(14)33(29,30)12-4-3-10(31-2)7-11(12)20/h3-4,7,13,27H,5-6,8,24H2,1-2H3/t13-/m1/s1. The number of sulfone groups is 1. The van der Waals surface area contributed by atoms with Crippen LogP contribution >= 0.6 is 0 Å². The van der Waals surface area contributed by atoms with Crippen LogP contribution in [-0.4, -0.2) is 62.5 Å². The second kappa shape index (κ2) is 8.02. The molecule has 178 valence electrons. The summed E-state index contributed by atoms with van der Waals surface area (Å²) in [5, 5.41) is 0. The van der Waals surface area contributed by atoms with Gasteiger partial charge in [0.2, 0.25) is 9.84 Å². The number of aromatic amines is 1. The van der Waals surface area contributed by atoms with E-state index >= 15 is 0 Å². The van der Waals surface area contributed by atoms with Crippen molar-refractivity contribution in [2.24, 2.45) is 0 Å². The molecular formula is C19H19F4N5O4S. The van der Waals surface area contributed by atoms with Crippen molar-refractivity contribution in [1.29, 1.82) is 0 Å². The Bertz CT molecular complexity index is 1330. The van der Waals surface area contributed by atoms with Gasteiger partial charge in [-0.3, -0.25) is 0 Å². The van der Waals surface area contributed by atoms with E-state index < -0.39 is 44.3 Å². The van der Waals surface area contributed by atoms with Gasteiger partial charge in [0.25, 0.3) is 0 Å². The number of nitrogens with one attached hydrogen (secondary N) is 1. The lowest BCUT2D eigenvalue weighted by Crippen LogP contribution is -2.49. The predicted molar refractivity (Wildman–Crippen MR) is 109 cm³/mol. The van der Waals surface area contributed by atoms with E-state index in [0.29, 0.717) is 0 Å². The molecule has 33 heavy (non-hydrogen) atoms. The van der Waals surface area contributed by atoms with E-state index in [-0.39, 0.29) is 47.4 Å². The zero-order chi connectivity index (χ0) is 24.1. The summed E-state index contributed by atoms with van der Waals surface area (Å²) < 4.78 is 90.5. The normalized spacial score (nSPS) is 17.5. The number of alkyl halides is 3. The molecule has 0 spiro atoms. The van der Waals surface area contributed by atoms with Crippen molar-refractivity contribution in [3.8, 4) is 5.75 Å². The fraction of sp³-hybridized carbons (Fsp3) is 0.368. The van der Waals surface area contributed by atoms with Crippen LogP contribution in [0.1, 0.15) is 5.82 Å². The third kappa shape index (κ3) is 4.04. The molecule has 14 heteroatoms. The molecule has 0 unspecified atom stereocenters. The fourth-order valence-corrected chi connectivity index (χ4v) is 5.16. The third-order valence-corrected chi connectivity index (χ3v) is 7.01. The Labute approximate surface area is 185 Å². The minimum atomic E-state index is -4.59. The summed E-state index contributed by atoms with van der Waals surface area (Å²) in [4.78, 5) is 11.2. The van der Waals surface area contributed by atoms with Crippen molar-refractivity contribution in [2.75, 3.05) is 37.4 Å². The molecule has 1 atom stereocenters. The molecule has 4 rings (SSSR count). The van der Waals surface area contributed by atoms with E-state index in [1.165, 1.54) is 25.0 Å². The topological polar surface area (TPSA) is 123 Å². The van der Waals surface area contributed by atoms with Crippen molar-refractivity contribution in [1.82, 2.24) is 15.0 Å². The highest BCUT2D eigenvalue weighted by molar-refractivity contribution is 7.92. The molecule has 3 heterocycles. The quantitative estimate of drug-likeness (QED) is 0.536. The molecular weight excluding hydrogens is 470 g/mol. The summed E-state index contributed by atoms with van der Waals surface area (Å²) in [7, 11) is -3.20. The van der Waals surface area contributed by atoms with E-state index in [4.69, 9.17) is 15.2 Å². The molecule has 2 aromatic heterocycles. The van der Waals surface area contributed by atoms with Gasteiger partial charge in [-0.25, -0.2) is 22.8 Å². The molecule has 0 aliphatic carbocycles. The Morgan fingerprint density at radius 1 is 1.30 bits per heavy atom. The highest BCUT2D eigenvalue weighted by atomic mass is 32.2. The van der Waals surface area contributed by atoms with Crippen molar-refractivity contribution in [3.63, 3.8) is 0 Å². The third-order valence-electron chi connectivity index (χ3n) is 5.15. The summed E-state index contributed by atoms with van der Waals surface area (Å²) in [5.74, 6) is -1.15. The number of rotatable bonds is 4. The van der Waals surface area contributed by atoms with E-state index in [2.05, 4.69) is 15.0 Å². The van der Waals surface area contributed by atoms with Crippen molar-refractivity contribution < 1.29 is 35.5 Å². The first-order valence-corrected chi connectivity index (χ1v) is 11.1. The zero-order valence-electron chi connectivity index (χ0n) is 17.4. The summed E-state index contributed by atoms with van der Waals surface area (Å²) in [6.07, 6.45) is -6.63. The van der Waals surface area contributed by atoms with E-state index in [9.17, 15) is 26.0 Å². The molecule has 9 nitrogen and oxygen atoms in total. The lowest BCUT2D eigenvalue weighted by Gasteiger charge is -2.34. The number of aromatic nitrogens is 3. The first kappa shape index (κ1) is 23.0. The number of methoxy groups -OCH3 is 1. The average Bonchev–Trinajstić information content (AvgIpc) is 3.08. The predicted octanol–water partition coefficient (Wildman–Crippen LogP) is 2.60. The number of H-pyrrole nitrogens is 1. The monoisotopic (exact) mass is 489 g/mol. The number of benzene rings is 1. The van der Waals surface area contributed by atoms with Crippen LogP contribution in [0.5, 0.6) is 5.75 Å². The Morgan fingerprint density at radius 3 is 2.67 bits per heavy atom. The van der Waals surface area contributed by atoms with E-state index in [0.717, 1.165) is 12.1 Å². The Morgan fingerprint density at radius 2 is 2.03 bits per heavy atom. The van der Waals surface area contributed by atoms with Crippen LogP contribution in [0.25, 0.3) is 11.0 Å². The van der Waals surface area contributed by atoms with Gasteiger partial charge in [0, 0.05) is 12.6 Å². The lowest BCUT2D eigenvalue weighted by molar-refractivity contribution is -0.221. The number of aryl methyl sites for hydroxylation is 1. The summed E-state index contributed by atoms with van der Waals surface area (Å²) in [6.45, 7) is 0.765. The van der Waals surface area contributed by atoms with Gasteiger partial charge in [-0.15, -0.1) is 0 Å². The van der Waals surface area contributed by atoms with Gasteiger partial charge >= 0.3 is 6.18 Å². The number of halogens is 4. The summed E-state index contributed by atoms with van der Waals surface area (Å²) in [6, 6.07) is 3.22. The minimum absolute atomic E-state index is 0.0217. The number of nitrogen functional groups attached to an aromatic ring is 1. The van der Waals surface area contributed by atoms with Gasteiger partial charge in [0.15, 0.2) is 11.9 Å². The van der Waals surface area contributed by atoms with Crippen LogP contribution in [0.15, 0.2) is 28.0 Å². The number of hydrogen-bond acceptors (Lipinski definition) is 8. The number of fused-ring (bicyclic) bond motifs is 1. The van der Waals surface area contributed by atoms with Crippen LogP contribution in [0.2, 0.25) is 0 Å². The largest absolute Gasteiger partial charge is 0.497 e. The summed E-state index contributed by atoms with van der Waals surface area (Å²) in [5.41, 5.74) is 5.82. The molecule has 0 saturated carbocycles. The van der Waals surface area contributed by atoms with E-state index in [1.54, 1.807) is 0 Å². The van der Waals surface area contributed by atoms with Gasteiger partial charge in [0.1, 0.15) is 44.0 Å². The van der Waals surface area contributed by atoms with E-state index in [1.807, 2.05) is 0 Å². The van der Waals surface area contributed by atoms with Crippen molar-refractivity contribution in [3.05, 3.63) is 29.8 Å². The first-order chi connectivity index (χ1) is 15.4. The smallest absolute Gasteiger partial charge is 0.416 e. The number of morpholine rings is 1. The number of nitrogens with two attached hydrogens (primary N) is 1. The fourth-order valence-electron chi connectivity index (χ4n) is 3.63.